The molecular formula is C21H28ClN3O2. The molecule has 0 radical (unpaired) electrons. The van der Waals surface area contributed by atoms with Crippen molar-refractivity contribution < 1.29 is 9.53 Å². The molecule has 1 amide bonds. The Morgan fingerprint density at radius 2 is 1.96 bits per heavy atom. The number of carbonyl (C=O) groups is 1. The van der Waals surface area contributed by atoms with Crippen molar-refractivity contribution in [2.24, 2.45) is 5.92 Å². The van der Waals surface area contributed by atoms with E-state index in [1.54, 1.807) is 0 Å². The number of rotatable bonds is 6. The molecule has 1 aromatic heterocycles. The Hall–Kier alpha value is -1.85. The van der Waals surface area contributed by atoms with Crippen LogP contribution in [0.3, 0.4) is 0 Å². The van der Waals surface area contributed by atoms with Crippen LogP contribution in [0.2, 0.25) is 5.02 Å². The third-order valence-electron chi connectivity index (χ3n) is 5.04. The lowest BCUT2D eigenvalue weighted by Crippen LogP contribution is -2.37. The van der Waals surface area contributed by atoms with Crippen molar-refractivity contribution in [2.45, 2.75) is 45.7 Å². The van der Waals surface area contributed by atoms with E-state index in [1.165, 1.54) is 0 Å². The smallest absolute Gasteiger partial charge is 0.274 e. The summed E-state index contributed by atoms with van der Waals surface area (Å²) in [4.78, 5) is 15.2. The van der Waals surface area contributed by atoms with E-state index in [4.69, 9.17) is 16.3 Å². The zero-order valence-corrected chi connectivity index (χ0v) is 17.0. The van der Waals surface area contributed by atoms with Gasteiger partial charge in [0.15, 0.2) is 0 Å². The van der Waals surface area contributed by atoms with Crippen molar-refractivity contribution in [3.8, 4) is 0 Å². The molecule has 1 aliphatic rings. The first-order chi connectivity index (χ1) is 13.0. The number of nitrogens with zero attached hydrogens (tertiary/aromatic N) is 3. The van der Waals surface area contributed by atoms with Crippen LogP contribution in [0.5, 0.6) is 0 Å². The molecule has 1 unspecified atom stereocenters. The van der Waals surface area contributed by atoms with Gasteiger partial charge in [0.1, 0.15) is 5.69 Å². The largest absolute Gasteiger partial charge is 0.381 e. The van der Waals surface area contributed by atoms with Gasteiger partial charge < -0.3 is 9.64 Å². The van der Waals surface area contributed by atoms with Gasteiger partial charge in [-0.3, -0.25) is 9.48 Å². The first kappa shape index (κ1) is 19.9. The summed E-state index contributed by atoms with van der Waals surface area (Å²) in [6.45, 7) is 8.39. The maximum absolute atomic E-state index is 13.3. The molecule has 1 saturated heterocycles. The van der Waals surface area contributed by atoms with Crippen molar-refractivity contribution in [3.63, 3.8) is 0 Å². The van der Waals surface area contributed by atoms with Gasteiger partial charge in [0.05, 0.1) is 12.1 Å². The molecule has 1 aromatic carbocycles. The van der Waals surface area contributed by atoms with Crippen molar-refractivity contribution in [1.82, 2.24) is 14.7 Å². The average molecular weight is 390 g/mol. The van der Waals surface area contributed by atoms with E-state index in [0.29, 0.717) is 29.2 Å². The number of aromatic nitrogens is 2. The number of carbonyl (C=O) groups excluding carboxylic acids is 1. The van der Waals surface area contributed by atoms with Gasteiger partial charge in [-0.15, -0.1) is 0 Å². The fourth-order valence-electron chi connectivity index (χ4n) is 3.54. The first-order valence-corrected chi connectivity index (χ1v) is 10.0. The second-order valence-electron chi connectivity index (χ2n) is 7.57. The molecule has 0 bridgehead atoms. The molecule has 1 fully saturated rings. The van der Waals surface area contributed by atoms with Crippen LogP contribution >= 0.6 is 11.6 Å². The molecule has 0 N–H and O–H groups in total. The summed E-state index contributed by atoms with van der Waals surface area (Å²) >= 11 is 6.39. The zero-order valence-electron chi connectivity index (χ0n) is 16.3. The van der Waals surface area contributed by atoms with Gasteiger partial charge in [-0.25, -0.2) is 0 Å². The van der Waals surface area contributed by atoms with Crippen LogP contribution in [0.15, 0.2) is 36.5 Å². The van der Waals surface area contributed by atoms with E-state index in [1.807, 2.05) is 53.0 Å². The van der Waals surface area contributed by atoms with Crippen LogP contribution in [0.1, 0.15) is 61.7 Å². The molecule has 0 saturated carbocycles. The highest BCUT2D eigenvalue weighted by Crippen LogP contribution is 2.29. The minimum atomic E-state index is -0.123. The maximum Gasteiger partial charge on any atom is 0.274 e. The first-order valence-electron chi connectivity index (χ1n) is 9.65. The van der Waals surface area contributed by atoms with E-state index in [2.05, 4.69) is 18.9 Å². The lowest BCUT2D eigenvalue weighted by Gasteiger charge is -2.31. The summed E-state index contributed by atoms with van der Waals surface area (Å²) < 4.78 is 7.34. The molecule has 0 aliphatic carbocycles. The highest BCUT2D eigenvalue weighted by molar-refractivity contribution is 6.31. The van der Waals surface area contributed by atoms with Gasteiger partial charge in [0, 0.05) is 31.0 Å². The van der Waals surface area contributed by atoms with Crippen LogP contribution in [0, 0.1) is 5.92 Å². The minimum absolute atomic E-state index is 0.0538. The van der Waals surface area contributed by atoms with Crippen molar-refractivity contribution in [2.75, 3.05) is 19.8 Å². The molecular weight excluding hydrogens is 362 g/mol. The molecule has 5 nitrogen and oxygen atoms in total. The molecule has 6 heteroatoms. The summed E-state index contributed by atoms with van der Waals surface area (Å²) in [5, 5.41) is 5.28. The molecule has 2 heterocycles. The van der Waals surface area contributed by atoms with Crippen LogP contribution in [0.4, 0.5) is 0 Å². The van der Waals surface area contributed by atoms with Gasteiger partial charge >= 0.3 is 0 Å². The predicted octanol–water partition coefficient (Wildman–Crippen LogP) is 4.75. The molecule has 27 heavy (non-hydrogen) atoms. The number of ether oxygens (including phenoxy) is 1. The summed E-state index contributed by atoms with van der Waals surface area (Å²) in [5.41, 5.74) is 1.44. The molecule has 3 rings (SSSR count). The van der Waals surface area contributed by atoms with Crippen LogP contribution in [-0.4, -0.2) is 40.3 Å². The van der Waals surface area contributed by atoms with Crippen LogP contribution in [0.25, 0.3) is 0 Å². The van der Waals surface area contributed by atoms with Gasteiger partial charge in [-0.1, -0.05) is 43.6 Å². The fraction of sp³-hybridized carbons (Fsp3) is 0.524. The van der Waals surface area contributed by atoms with E-state index in [9.17, 15) is 4.79 Å². The Morgan fingerprint density at radius 3 is 2.63 bits per heavy atom. The Balaban J connectivity index is 1.83. The van der Waals surface area contributed by atoms with E-state index < -0.39 is 0 Å². The fourth-order valence-corrected chi connectivity index (χ4v) is 3.84. The highest BCUT2D eigenvalue weighted by Gasteiger charge is 2.27. The predicted molar refractivity (Wildman–Crippen MR) is 107 cm³/mol. The Morgan fingerprint density at radius 1 is 1.26 bits per heavy atom. The van der Waals surface area contributed by atoms with Crippen molar-refractivity contribution >= 4 is 17.5 Å². The summed E-state index contributed by atoms with van der Waals surface area (Å²) in [7, 11) is 0. The van der Waals surface area contributed by atoms with Crippen LogP contribution < -0.4 is 0 Å². The van der Waals surface area contributed by atoms with E-state index in [-0.39, 0.29) is 11.9 Å². The molecule has 0 spiro atoms. The average Bonchev–Trinajstić information content (AvgIpc) is 3.16. The Labute approximate surface area is 166 Å². The normalized spacial score (nSPS) is 16.5. The second-order valence-corrected chi connectivity index (χ2v) is 7.98. The van der Waals surface area contributed by atoms with Crippen LogP contribution in [-0.2, 0) is 4.74 Å². The number of hydrogen-bond acceptors (Lipinski definition) is 3. The standard InChI is InChI=1S/C21H28ClN3O2/c1-15(2)14-24(16(3)18-6-4-5-7-19(18)22)21(26)20-8-11-25(23-20)17-9-12-27-13-10-17/h4-8,11,15-17H,9-10,12-14H2,1-3H3. The summed E-state index contributed by atoms with van der Waals surface area (Å²) in [6, 6.07) is 9.71. The SMILES string of the molecule is CC(C)CN(C(=O)c1ccn(C2CCOCC2)n1)C(C)c1ccccc1Cl. The van der Waals surface area contributed by atoms with Crippen molar-refractivity contribution in [1.29, 1.82) is 0 Å². The quantitative estimate of drug-likeness (QED) is 0.716. The highest BCUT2D eigenvalue weighted by atomic mass is 35.5. The number of amides is 1. The summed E-state index contributed by atoms with van der Waals surface area (Å²) in [5.74, 6) is 0.290. The van der Waals surface area contributed by atoms with E-state index in [0.717, 1.165) is 31.6 Å². The van der Waals surface area contributed by atoms with Gasteiger partial charge in [-0.05, 0) is 43.4 Å². The minimum Gasteiger partial charge on any atom is -0.381 e. The van der Waals surface area contributed by atoms with Gasteiger partial charge in [-0.2, -0.15) is 5.10 Å². The molecule has 146 valence electrons. The monoisotopic (exact) mass is 389 g/mol. The van der Waals surface area contributed by atoms with Crippen molar-refractivity contribution in [3.05, 3.63) is 52.8 Å². The number of hydrogen-bond donors (Lipinski definition) is 0. The van der Waals surface area contributed by atoms with Gasteiger partial charge in [0.25, 0.3) is 5.91 Å². The lowest BCUT2D eigenvalue weighted by atomic mass is 10.0. The maximum atomic E-state index is 13.3. The third-order valence-corrected chi connectivity index (χ3v) is 5.38. The summed E-state index contributed by atoms with van der Waals surface area (Å²) in [6.07, 6.45) is 3.78. The molecule has 2 aromatic rings. The topological polar surface area (TPSA) is 47.4 Å². The van der Waals surface area contributed by atoms with Gasteiger partial charge in [0.2, 0.25) is 0 Å². The lowest BCUT2D eigenvalue weighted by molar-refractivity contribution is 0.0632. The second kappa shape index (κ2) is 8.89. The Kier molecular flexibility index (Phi) is 6.55. The number of benzene rings is 1. The third kappa shape index (κ3) is 4.71. The number of halogens is 1. The zero-order chi connectivity index (χ0) is 19.4. The molecule has 1 aliphatic heterocycles. The van der Waals surface area contributed by atoms with E-state index >= 15 is 0 Å². The Bertz CT molecular complexity index is 768. The molecule has 1 atom stereocenters.